The second-order valence-electron chi connectivity index (χ2n) is 7.75. The first-order chi connectivity index (χ1) is 15.7. The van der Waals surface area contributed by atoms with Gasteiger partial charge in [-0.15, -0.1) is 0 Å². The number of methoxy groups -OCH3 is 1. The maximum absolute atomic E-state index is 14.0. The van der Waals surface area contributed by atoms with Crippen molar-refractivity contribution in [3.63, 3.8) is 0 Å². The van der Waals surface area contributed by atoms with Crippen LogP contribution in [0.3, 0.4) is 0 Å². The molecule has 3 aromatic rings. The lowest BCUT2D eigenvalue weighted by Crippen LogP contribution is -2.41. The number of sulfonamides is 1. The zero-order chi connectivity index (χ0) is 24.0. The van der Waals surface area contributed by atoms with Gasteiger partial charge >= 0.3 is 0 Å². The number of benzene rings is 3. The third kappa shape index (κ3) is 5.97. The van der Waals surface area contributed by atoms with Crippen LogP contribution in [0.4, 0.5) is 4.39 Å². The van der Waals surface area contributed by atoms with Crippen LogP contribution in [0.1, 0.15) is 16.7 Å². The number of aryl methyl sites for hydroxylation is 1. The van der Waals surface area contributed by atoms with Crippen molar-refractivity contribution in [2.24, 2.45) is 0 Å². The van der Waals surface area contributed by atoms with Crippen LogP contribution in [-0.4, -0.2) is 44.2 Å². The van der Waals surface area contributed by atoms with Gasteiger partial charge in [0.25, 0.3) is 0 Å². The molecule has 0 radical (unpaired) electrons. The number of rotatable bonds is 9. The number of carbonyl (C=O) groups is 1. The first-order valence-electron chi connectivity index (χ1n) is 10.4. The van der Waals surface area contributed by atoms with Crippen molar-refractivity contribution in [2.75, 3.05) is 20.7 Å². The highest BCUT2D eigenvalue weighted by atomic mass is 32.2. The van der Waals surface area contributed by atoms with E-state index in [1.54, 1.807) is 61.5 Å². The molecule has 33 heavy (non-hydrogen) atoms. The average Bonchev–Trinajstić information content (AvgIpc) is 2.80. The van der Waals surface area contributed by atoms with Crippen molar-refractivity contribution in [3.05, 3.63) is 95.3 Å². The summed E-state index contributed by atoms with van der Waals surface area (Å²) in [5.41, 5.74) is 1.83. The Hall–Kier alpha value is -3.23. The van der Waals surface area contributed by atoms with Gasteiger partial charge in [-0.2, -0.15) is 4.31 Å². The Kier molecular flexibility index (Phi) is 7.84. The van der Waals surface area contributed by atoms with Crippen LogP contribution in [-0.2, 0) is 27.9 Å². The van der Waals surface area contributed by atoms with E-state index in [4.69, 9.17) is 4.74 Å². The van der Waals surface area contributed by atoms with Gasteiger partial charge in [-0.3, -0.25) is 4.79 Å². The zero-order valence-corrected chi connectivity index (χ0v) is 19.7. The Morgan fingerprint density at radius 2 is 1.64 bits per heavy atom. The van der Waals surface area contributed by atoms with Gasteiger partial charge in [0, 0.05) is 25.7 Å². The van der Waals surface area contributed by atoms with E-state index in [1.165, 1.54) is 31.2 Å². The molecule has 0 bridgehead atoms. The molecule has 0 fully saturated rings. The number of halogens is 1. The Labute approximate surface area is 194 Å². The Balaban J connectivity index is 1.92. The largest absolute Gasteiger partial charge is 0.495 e. The summed E-state index contributed by atoms with van der Waals surface area (Å²) in [5.74, 6) is -0.675. The second-order valence-corrected chi connectivity index (χ2v) is 9.66. The number of hydrogen-bond donors (Lipinski definition) is 0. The van der Waals surface area contributed by atoms with E-state index >= 15 is 0 Å². The molecule has 0 saturated heterocycles. The van der Waals surface area contributed by atoms with Crippen LogP contribution >= 0.6 is 0 Å². The molecule has 0 aromatic heterocycles. The summed E-state index contributed by atoms with van der Waals surface area (Å²) < 4.78 is 47.8. The molecule has 0 heterocycles. The first-order valence-corrected chi connectivity index (χ1v) is 11.8. The summed E-state index contributed by atoms with van der Waals surface area (Å²) in [5, 5.41) is 0. The maximum atomic E-state index is 14.0. The van der Waals surface area contributed by atoms with Gasteiger partial charge in [0.2, 0.25) is 15.9 Å². The van der Waals surface area contributed by atoms with Crippen molar-refractivity contribution < 1.29 is 22.3 Å². The Morgan fingerprint density at radius 1 is 0.970 bits per heavy atom. The van der Waals surface area contributed by atoms with E-state index in [-0.39, 0.29) is 23.7 Å². The molecule has 6 nitrogen and oxygen atoms in total. The zero-order valence-electron chi connectivity index (χ0n) is 18.9. The lowest BCUT2D eigenvalue weighted by atomic mass is 10.2. The summed E-state index contributed by atoms with van der Waals surface area (Å²) in [6.45, 7) is 1.41. The molecule has 0 atom stereocenters. The molecule has 1 amide bonds. The molecule has 0 N–H and O–H groups in total. The number of carbonyl (C=O) groups excluding carboxylic acids is 1. The van der Waals surface area contributed by atoms with E-state index in [9.17, 15) is 17.6 Å². The van der Waals surface area contributed by atoms with Gasteiger partial charge < -0.3 is 9.64 Å². The molecule has 0 spiro atoms. The summed E-state index contributed by atoms with van der Waals surface area (Å²) in [6.07, 6.45) is 0. The highest BCUT2D eigenvalue weighted by Gasteiger charge is 2.31. The summed E-state index contributed by atoms with van der Waals surface area (Å²) in [4.78, 5) is 14.3. The summed E-state index contributed by atoms with van der Waals surface area (Å²) in [6, 6.07) is 20.1. The molecule has 3 rings (SSSR count). The minimum absolute atomic E-state index is 0.000449. The van der Waals surface area contributed by atoms with Crippen molar-refractivity contribution in [2.45, 2.75) is 24.9 Å². The van der Waals surface area contributed by atoms with Crippen LogP contribution < -0.4 is 4.74 Å². The number of amides is 1. The normalized spacial score (nSPS) is 11.4. The Morgan fingerprint density at radius 3 is 2.30 bits per heavy atom. The minimum atomic E-state index is -4.09. The van der Waals surface area contributed by atoms with Gasteiger partial charge in [-0.25, -0.2) is 12.8 Å². The number of ether oxygens (including phenoxy) is 1. The number of hydrogen-bond acceptors (Lipinski definition) is 4. The third-order valence-electron chi connectivity index (χ3n) is 5.24. The highest BCUT2D eigenvalue weighted by molar-refractivity contribution is 7.89. The molecular formula is C25H27FN2O4S. The van der Waals surface area contributed by atoms with Crippen LogP contribution in [0.2, 0.25) is 0 Å². The second kappa shape index (κ2) is 10.6. The molecule has 0 unspecified atom stereocenters. The van der Waals surface area contributed by atoms with Gasteiger partial charge in [-0.1, -0.05) is 54.6 Å². The Bertz CT molecular complexity index is 1220. The van der Waals surface area contributed by atoms with Crippen LogP contribution in [0, 0.1) is 12.7 Å². The molecule has 0 aliphatic carbocycles. The quantitative estimate of drug-likeness (QED) is 0.474. The third-order valence-corrected chi connectivity index (χ3v) is 7.05. The van der Waals surface area contributed by atoms with E-state index in [2.05, 4.69) is 0 Å². The monoisotopic (exact) mass is 470 g/mol. The number of nitrogens with zero attached hydrogens (tertiary/aromatic N) is 2. The van der Waals surface area contributed by atoms with Gasteiger partial charge in [0.15, 0.2) is 0 Å². The fraction of sp³-hybridized carbons (Fsp3) is 0.240. The fourth-order valence-electron chi connectivity index (χ4n) is 3.38. The topological polar surface area (TPSA) is 66.9 Å². The van der Waals surface area contributed by atoms with E-state index < -0.39 is 28.3 Å². The molecule has 0 aliphatic heterocycles. The van der Waals surface area contributed by atoms with Crippen LogP contribution in [0.25, 0.3) is 0 Å². The minimum Gasteiger partial charge on any atom is -0.495 e. The van der Waals surface area contributed by atoms with Crippen molar-refractivity contribution in [1.82, 2.24) is 9.21 Å². The van der Waals surface area contributed by atoms with Gasteiger partial charge in [0.05, 0.1) is 13.7 Å². The van der Waals surface area contributed by atoms with Crippen LogP contribution in [0.5, 0.6) is 5.75 Å². The number of likely N-dealkylation sites (N-methyl/N-ethyl adjacent to an activating group) is 1. The van der Waals surface area contributed by atoms with E-state index in [1.807, 2.05) is 6.07 Å². The molecule has 174 valence electrons. The molecule has 3 aromatic carbocycles. The van der Waals surface area contributed by atoms with E-state index in [0.717, 1.165) is 15.4 Å². The van der Waals surface area contributed by atoms with E-state index in [0.29, 0.717) is 5.56 Å². The fourth-order valence-corrected chi connectivity index (χ4v) is 5.00. The predicted octanol–water partition coefficient (Wildman–Crippen LogP) is 3.99. The summed E-state index contributed by atoms with van der Waals surface area (Å²) >= 11 is 0. The SMILES string of the molecule is COc1ccc(C)cc1S(=O)(=O)N(CC(=O)N(C)Cc1ccccc1F)Cc1ccccc1. The maximum Gasteiger partial charge on any atom is 0.247 e. The first kappa shape index (κ1) is 24.4. The molecule has 0 aliphatic rings. The standard InChI is InChI=1S/C25H27FN2O4S/c1-19-13-14-23(32-3)24(15-19)33(30,31)28(16-20-9-5-4-6-10-20)18-25(29)27(2)17-21-11-7-8-12-22(21)26/h4-15H,16-18H2,1-3H3. The predicted molar refractivity (Wildman–Crippen MR) is 125 cm³/mol. The van der Waals surface area contributed by atoms with Crippen molar-refractivity contribution in [3.8, 4) is 5.75 Å². The molecule has 0 saturated carbocycles. The van der Waals surface area contributed by atoms with Gasteiger partial charge in [0.1, 0.15) is 16.5 Å². The molecule has 8 heteroatoms. The van der Waals surface area contributed by atoms with Crippen LogP contribution in [0.15, 0.2) is 77.7 Å². The van der Waals surface area contributed by atoms with Crippen molar-refractivity contribution >= 4 is 15.9 Å². The van der Waals surface area contributed by atoms with Gasteiger partial charge in [-0.05, 0) is 36.2 Å². The molecular weight excluding hydrogens is 443 g/mol. The smallest absolute Gasteiger partial charge is 0.247 e. The van der Waals surface area contributed by atoms with Crippen molar-refractivity contribution in [1.29, 1.82) is 0 Å². The highest BCUT2D eigenvalue weighted by Crippen LogP contribution is 2.29. The average molecular weight is 471 g/mol. The lowest BCUT2D eigenvalue weighted by Gasteiger charge is -2.26. The summed E-state index contributed by atoms with van der Waals surface area (Å²) in [7, 11) is -1.16. The lowest BCUT2D eigenvalue weighted by molar-refractivity contribution is -0.130.